The highest BCUT2D eigenvalue weighted by atomic mass is 14.5. The molecular formula is C75H54. The number of hydrogen-bond acceptors (Lipinski definition) is 0. The van der Waals surface area contributed by atoms with Crippen LogP contribution in [0.15, 0.2) is 291 Å². The van der Waals surface area contributed by atoms with Gasteiger partial charge in [0.25, 0.3) is 0 Å². The molecule has 2 unspecified atom stereocenters. The smallest absolute Gasteiger partial charge is 0.0713 e. The van der Waals surface area contributed by atoms with Crippen molar-refractivity contribution >= 4 is 0 Å². The van der Waals surface area contributed by atoms with Gasteiger partial charge in [-0.1, -0.05) is 267 Å². The second-order valence-electron chi connectivity index (χ2n) is 21.3. The Morgan fingerprint density at radius 1 is 0.253 bits per heavy atom. The minimum atomic E-state index is -0.474. The molecule has 0 heteroatoms. The quantitative estimate of drug-likeness (QED) is 0.142. The number of fused-ring (bicyclic) bond motifs is 9. The van der Waals surface area contributed by atoms with Gasteiger partial charge in [-0.3, -0.25) is 0 Å². The molecule has 0 amide bonds. The Balaban J connectivity index is 0.930. The van der Waals surface area contributed by atoms with E-state index < -0.39 is 10.8 Å². The first-order chi connectivity index (χ1) is 37.2. The van der Waals surface area contributed by atoms with Crippen LogP contribution in [0.5, 0.6) is 0 Å². The number of rotatable bonds is 8. The van der Waals surface area contributed by atoms with Crippen molar-refractivity contribution in [3.8, 4) is 55.6 Å². The van der Waals surface area contributed by atoms with E-state index in [9.17, 15) is 0 Å². The molecule has 0 radical (unpaired) electrons. The number of allylic oxidation sites excluding steroid dienone is 8. The summed E-state index contributed by atoms with van der Waals surface area (Å²) in [6.45, 7) is 0. The van der Waals surface area contributed by atoms with Gasteiger partial charge < -0.3 is 0 Å². The first-order valence-electron chi connectivity index (χ1n) is 26.9. The molecule has 354 valence electrons. The lowest BCUT2D eigenvalue weighted by Crippen LogP contribution is -2.41. The van der Waals surface area contributed by atoms with Crippen LogP contribution < -0.4 is 0 Å². The zero-order valence-electron chi connectivity index (χ0n) is 41.8. The van der Waals surface area contributed by atoms with Gasteiger partial charge >= 0.3 is 0 Å². The van der Waals surface area contributed by atoms with Crippen LogP contribution in [-0.4, -0.2) is 0 Å². The molecule has 10 aromatic carbocycles. The maximum atomic E-state index is 2.60. The summed E-state index contributed by atoms with van der Waals surface area (Å²) in [5.41, 5.74) is 24.9. The van der Waals surface area contributed by atoms with Crippen LogP contribution >= 0.6 is 0 Å². The first kappa shape index (κ1) is 43.7. The van der Waals surface area contributed by atoms with Crippen LogP contribution in [0.2, 0.25) is 0 Å². The topological polar surface area (TPSA) is 0 Å². The molecule has 75 heavy (non-hydrogen) atoms. The highest BCUT2D eigenvalue weighted by molar-refractivity contribution is 5.92. The van der Waals surface area contributed by atoms with E-state index in [4.69, 9.17) is 0 Å². The minimum absolute atomic E-state index is 0.241. The van der Waals surface area contributed by atoms with Gasteiger partial charge in [0.05, 0.1) is 10.8 Å². The van der Waals surface area contributed by atoms with Crippen molar-refractivity contribution in [2.45, 2.75) is 29.1 Å². The van der Waals surface area contributed by atoms with E-state index in [-0.39, 0.29) is 17.3 Å². The molecule has 0 aromatic heterocycles. The van der Waals surface area contributed by atoms with Crippen LogP contribution in [0.25, 0.3) is 55.6 Å². The zero-order valence-corrected chi connectivity index (χ0v) is 41.8. The molecule has 10 aromatic rings. The van der Waals surface area contributed by atoms with Crippen LogP contribution in [0.3, 0.4) is 0 Å². The molecule has 0 bridgehead atoms. The molecular weight excluding hydrogens is 901 g/mol. The third-order valence-electron chi connectivity index (χ3n) is 17.9. The SMILES string of the molecule is C1=CCC(C2(C3C=CC=CC3)c3cc(-c4ccc5c(c4)C(c4ccccc4)(c4ccccc4)c4ccccc4-5)ccc3-c3ccc(-c4ccc5c(c4)C(c4ccccc4)(c4ccccc4)c4ccccc4-5)cc32)C=C1. The average Bonchev–Trinajstić information content (AvgIpc) is 4.24. The zero-order chi connectivity index (χ0) is 49.6. The Kier molecular flexibility index (Phi) is 9.98. The van der Waals surface area contributed by atoms with Crippen molar-refractivity contribution in [1.82, 2.24) is 0 Å². The van der Waals surface area contributed by atoms with Crippen molar-refractivity contribution < 1.29 is 0 Å². The lowest BCUT2D eigenvalue weighted by Gasteiger charge is -2.45. The lowest BCUT2D eigenvalue weighted by atomic mass is 9.57. The number of hydrogen-bond donors (Lipinski definition) is 0. The summed E-state index contributed by atoms with van der Waals surface area (Å²) in [5.74, 6) is 0.483. The van der Waals surface area contributed by atoms with Gasteiger partial charge in [0.15, 0.2) is 0 Å². The molecule has 0 N–H and O–H groups in total. The maximum Gasteiger partial charge on any atom is 0.0713 e. The Hall–Kier alpha value is -8.84. The molecule has 0 nitrogen and oxygen atoms in total. The predicted octanol–water partition coefficient (Wildman–Crippen LogP) is 18.3. The highest BCUT2D eigenvalue weighted by Crippen LogP contribution is 2.63. The Morgan fingerprint density at radius 2 is 0.547 bits per heavy atom. The Bertz CT molecular complexity index is 3660. The molecule has 5 aliphatic carbocycles. The molecule has 15 rings (SSSR count). The highest BCUT2D eigenvalue weighted by Gasteiger charge is 2.53. The molecule has 0 heterocycles. The van der Waals surface area contributed by atoms with Crippen molar-refractivity contribution in [3.05, 3.63) is 347 Å². The summed E-state index contributed by atoms with van der Waals surface area (Å²) in [6.07, 6.45) is 20.9. The van der Waals surface area contributed by atoms with E-state index in [0.717, 1.165) is 12.8 Å². The fourth-order valence-corrected chi connectivity index (χ4v) is 14.9. The van der Waals surface area contributed by atoms with Crippen LogP contribution in [-0.2, 0) is 16.2 Å². The summed E-state index contributed by atoms with van der Waals surface area (Å²) in [7, 11) is 0. The number of benzene rings is 10. The van der Waals surface area contributed by atoms with Gasteiger partial charge in [0, 0.05) is 5.41 Å². The molecule has 0 saturated carbocycles. The van der Waals surface area contributed by atoms with Gasteiger partial charge in [0.2, 0.25) is 0 Å². The summed E-state index contributed by atoms with van der Waals surface area (Å²) < 4.78 is 0. The standard InChI is InChI=1S/C75H54/c1-7-23-55(24-8-1)73(56-25-9-2-10-26-56)67-37-21-19-35-61(67)63-43-39-51(47-69(63)73)53-41-45-65-66-46-42-54(50-72(66)75(71(65)49-53,59-31-15-5-16-32-59)60-33-17-6-18-34-60)52-40-44-64-62-36-20-22-38-68(62)74(70(64)48-52,57-27-11-3-12-28-57)58-29-13-4-14-30-58/h1-31,33,35-50,59-60H,32,34H2. The average molecular weight is 955 g/mol. The molecule has 0 saturated heterocycles. The molecule has 2 atom stereocenters. The van der Waals surface area contributed by atoms with Gasteiger partial charge in [-0.25, -0.2) is 0 Å². The third-order valence-corrected chi connectivity index (χ3v) is 17.9. The summed E-state index contributed by atoms with van der Waals surface area (Å²) in [4.78, 5) is 0. The van der Waals surface area contributed by atoms with E-state index in [2.05, 4.69) is 291 Å². The van der Waals surface area contributed by atoms with Gasteiger partial charge in [0.1, 0.15) is 0 Å². The van der Waals surface area contributed by atoms with E-state index in [1.54, 1.807) is 0 Å². The Morgan fingerprint density at radius 3 is 0.880 bits per heavy atom. The summed E-state index contributed by atoms with van der Waals surface area (Å²) in [6, 6.07) is 92.5. The van der Waals surface area contributed by atoms with E-state index >= 15 is 0 Å². The largest absolute Gasteiger partial charge is 0.0839 e. The van der Waals surface area contributed by atoms with E-state index in [1.165, 1.54) is 111 Å². The fourth-order valence-electron chi connectivity index (χ4n) is 14.9. The fraction of sp³-hybridized carbons (Fsp3) is 0.0933. The van der Waals surface area contributed by atoms with Crippen molar-refractivity contribution in [2.75, 3.05) is 0 Å². The van der Waals surface area contributed by atoms with Crippen LogP contribution in [0.1, 0.15) is 68.5 Å². The van der Waals surface area contributed by atoms with Gasteiger partial charge in [-0.15, -0.1) is 0 Å². The predicted molar refractivity (Wildman–Crippen MR) is 311 cm³/mol. The molecule has 5 aliphatic rings. The second kappa shape index (κ2) is 17.1. The van der Waals surface area contributed by atoms with Crippen molar-refractivity contribution in [3.63, 3.8) is 0 Å². The van der Waals surface area contributed by atoms with Gasteiger partial charge in [-0.2, -0.15) is 0 Å². The molecule has 0 spiro atoms. The molecule has 0 fully saturated rings. The molecule has 0 aliphatic heterocycles. The van der Waals surface area contributed by atoms with Crippen LogP contribution in [0.4, 0.5) is 0 Å². The summed E-state index contributed by atoms with van der Waals surface area (Å²) in [5, 5.41) is 0. The normalized spacial score (nSPS) is 18.1. The Labute approximate surface area is 441 Å². The van der Waals surface area contributed by atoms with Crippen molar-refractivity contribution in [2.24, 2.45) is 11.8 Å². The second-order valence-corrected chi connectivity index (χ2v) is 21.3. The third kappa shape index (κ3) is 6.18. The van der Waals surface area contributed by atoms with Crippen LogP contribution in [0, 0.1) is 11.8 Å². The summed E-state index contributed by atoms with van der Waals surface area (Å²) >= 11 is 0. The van der Waals surface area contributed by atoms with E-state index in [0.29, 0.717) is 0 Å². The van der Waals surface area contributed by atoms with Gasteiger partial charge in [-0.05, 0) is 160 Å². The minimum Gasteiger partial charge on any atom is -0.0839 e. The maximum absolute atomic E-state index is 2.60. The lowest BCUT2D eigenvalue weighted by molar-refractivity contribution is 0.296. The monoisotopic (exact) mass is 954 g/mol. The first-order valence-corrected chi connectivity index (χ1v) is 26.9. The van der Waals surface area contributed by atoms with Crippen molar-refractivity contribution in [1.29, 1.82) is 0 Å². The van der Waals surface area contributed by atoms with E-state index in [1.807, 2.05) is 0 Å².